The molecule has 1 aliphatic carbocycles. The Bertz CT molecular complexity index is 186. The number of carbonyl (C=O) groups is 1. The van der Waals surface area contributed by atoms with Gasteiger partial charge in [-0.05, 0) is 19.3 Å². The van der Waals surface area contributed by atoms with E-state index in [1.807, 2.05) is 6.92 Å². The van der Waals surface area contributed by atoms with Crippen LogP contribution in [0.2, 0.25) is 0 Å². The van der Waals surface area contributed by atoms with Crippen molar-refractivity contribution in [3.05, 3.63) is 0 Å². The topological polar surface area (TPSA) is 75.4 Å². The Morgan fingerprint density at radius 1 is 1.69 bits per heavy atom. The van der Waals surface area contributed by atoms with Gasteiger partial charge in [0.25, 0.3) is 0 Å². The summed E-state index contributed by atoms with van der Waals surface area (Å²) < 4.78 is 0. The molecule has 4 N–H and O–H groups in total. The maximum atomic E-state index is 11.5. The Kier molecular flexibility index (Phi) is 3.27. The van der Waals surface area contributed by atoms with E-state index in [0.717, 1.165) is 19.3 Å². The summed E-state index contributed by atoms with van der Waals surface area (Å²) in [5.74, 6) is -0.124. The molecule has 0 aromatic carbocycles. The lowest BCUT2D eigenvalue weighted by Crippen LogP contribution is -2.44. The summed E-state index contributed by atoms with van der Waals surface area (Å²) >= 11 is 0. The third-order valence-electron chi connectivity index (χ3n) is 2.69. The molecule has 1 saturated carbocycles. The zero-order chi connectivity index (χ0) is 9.90. The van der Waals surface area contributed by atoms with E-state index in [4.69, 9.17) is 10.8 Å². The highest BCUT2D eigenvalue weighted by molar-refractivity contribution is 5.80. The van der Waals surface area contributed by atoms with E-state index in [2.05, 4.69) is 5.32 Å². The minimum Gasteiger partial charge on any atom is -0.394 e. The fraction of sp³-hybridized carbons (Fsp3) is 0.889. The van der Waals surface area contributed by atoms with Gasteiger partial charge in [0.2, 0.25) is 5.91 Å². The summed E-state index contributed by atoms with van der Waals surface area (Å²) in [6.07, 6.45) is 2.52. The van der Waals surface area contributed by atoms with Crippen molar-refractivity contribution in [2.75, 3.05) is 13.2 Å². The number of hydrogen-bond acceptors (Lipinski definition) is 3. The first-order chi connectivity index (χ1) is 6.17. The minimum atomic E-state index is -0.306. The Labute approximate surface area is 78.5 Å². The number of aliphatic hydroxyl groups is 1. The molecule has 0 aliphatic heterocycles. The van der Waals surface area contributed by atoms with E-state index < -0.39 is 0 Å². The van der Waals surface area contributed by atoms with Gasteiger partial charge in [-0.25, -0.2) is 0 Å². The summed E-state index contributed by atoms with van der Waals surface area (Å²) in [4.78, 5) is 11.5. The smallest absolute Gasteiger partial charge is 0.224 e. The third kappa shape index (κ3) is 2.42. The molecule has 0 bridgehead atoms. The molecule has 0 spiro atoms. The van der Waals surface area contributed by atoms with E-state index in [1.165, 1.54) is 0 Å². The fourth-order valence-electron chi connectivity index (χ4n) is 1.30. The molecule has 4 nitrogen and oxygen atoms in total. The number of nitrogens with one attached hydrogen (secondary N) is 1. The van der Waals surface area contributed by atoms with Crippen LogP contribution in [0.15, 0.2) is 0 Å². The quantitative estimate of drug-likeness (QED) is 0.547. The molecule has 0 radical (unpaired) electrons. The lowest BCUT2D eigenvalue weighted by Gasteiger charge is -2.18. The Morgan fingerprint density at radius 3 is 2.62 bits per heavy atom. The maximum absolute atomic E-state index is 11.5. The van der Waals surface area contributed by atoms with Gasteiger partial charge in [0.05, 0.1) is 12.1 Å². The first-order valence-corrected chi connectivity index (χ1v) is 4.80. The van der Waals surface area contributed by atoms with Gasteiger partial charge in [0.1, 0.15) is 0 Å². The van der Waals surface area contributed by atoms with E-state index in [1.54, 1.807) is 0 Å². The van der Waals surface area contributed by atoms with Crippen molar-refractivity contribution in [1.29, 1.82) is 0 Å². The van der Waals surface area contributed by atoms with Gasteiger partial charge in [-0.1, -0.05) is 6.92 Å². The number of hydrogen-bond donors (Lipinski definition) is 3. The van der Waals surface area contributed by atoms with Crippen LogP contribution in [-0.2, 0) is 4.79 Å². The highest BCUT2D eigenvalue weighted by atomic mass is 16.3. The summed E-state index contributed by atoms with van der Waals surface area (Å²) in [7, 11) is 0. The minimum absolute atomic E-state index is 0.0171. The van der Waals surface area contributed by atoms with Gasteiger partial charge in [-0.15, -0.1) is 0 Å². The van der Waals surface area contributed by atoms with Crippen molar-refractivity contribution in [2.45, 2.75) is 31.7 Å². The van der Waals surface area contributed by atoms with Crippen LogP contribution in [0.5, 0.6) is 0 Å². The lowest BCUT2D eigenvalue weighted by atomic mass is 10.1. The number of carbonyl (C=O) groups excluding carboxylic acids is 1. The SMILES string of the molecule is CCC(CN)C(=O)NC1(CO)CC1. The normalized spacial score (nSPS) is 20.8. The van der Waals surface area contributed by atoms with Gasteiger partial charge >= 0.3 is 0 Å². The first-order valence-electron chi connectivity index (χ1n) is 4.80. The van der Waals surface area contributed by atoms with Crippen LogP contribution in [0.1, 0.15) is 26.2 Å². The first kappa shape index (κ1) is 10.5. The molecule has 1 atom stereocenters. The number of amides is 1. The van der Waals surface area contributed by atoms with Crippen LogP contribution in [0.4, 0.5) is 0 Å². The van der Waals surface area contributed by atoms with Gasteiger partial charge in [-0.2, -0.15) is 0 Å². The van der Waals surface area contributed by atoms with Crippen molar-refractivity contribution < 1.29 is 9.90 Å². The van der Waals surface area contributed by atoms with Gasteiger partial charge in [0.15, 0.2) is 0 Å². The molecular weight excluding hydrogens is 168 g/mol. The van der Waals surface area contributed by atoms with E-state index in [-0.39, 0.29) is 24.0 Å². The zero-order valence-corrected chi connectivity index (χ0v) is 8.05. The van der Waals surface area contributed by atoms with E-state index in [0.29, 0.717) is 6.54 Å². The summed E-state index contributed by atoms with van der Waals surface area (Å²) in [6.45, 7) is 2.36. The summed E-state index contributed by atoms with van der Waals surface area (Å²) in [6, 6.07) is 0. The molecule has 13 heavy (non-hydrogen) atoms. The predicted molar refractivity (Wildman–Crippen MR) is 50.0 cm³/mol. The van der Waals surface area contributed by atoms with Crippen LogP contribution < -0.4 is 11.1 Å². The van der Waals surface area contributed by atoms with Crippen molar-refractivity contribution in [2.24, 2.45) is 11.7 Å². The summed E-state index contributed by atoms with van der Waals surface area (Å²) in [5.41, 5.74) is 5.14. The average molecular weight is 186 g/mol. The van der Waals surface area contributed by atoms with Crippen LogP contribution in [0, 0.1) is 5.92 Å². The van der Waals surface area contributed by atoms with Crippen LogP contribution in [0.3, 0.4) is 0 Å². The fourth-order valence-corrected chi connectivity index (χ4v) is 1.30. The number of nitrogens with two attached hydrogens (primary N) is 1. The zero-order valence-electron chi connectivity index (χ0n) is 8.05. The second-order valence-electron chi connectivity index (χ2n) is 3.77. The molecule has 1 rings (SSSR count). The molecular formula is C9H18N2O2. The van der Waals surface area contributed by atoms with Crippen LogP contribution >= 0.6 is 0 Å². The largest absolute Gasteiger partial charge is 0.394 e. The molecule has 1 fully saturated rings. The van der Waals surface area contributed by atoms with E-state index >= 15 is 0 Å². The molecule has 0 heterocycles. The predicted octanol–water partition coefficient (Wildman–Crippen LogP) is -0.388. The molecule has 1 aliphatic rings. The Hall–Kier alpha value is -0.610. The van der Waals surface area contributed by atoms with E-state index in [9.17, 15) is 4.79 Å². The highest BCUT2D eigenvalue weighted by Crippen LogP contribution is 2.34. The van der Waals surface area contributed by atoms with Gasteiger partial charge in [-0.3, -0.25) is 4.79 Å². The number of aliphatic hydroxyl groups excluding tert-OH is 1. The molecule has 0 aromatic heterocycles. The average Bonchev–Trinajstić information content (AvgIpc) is 2.88. The van der Waals surface area contributed by atoms with Crippen LogP contribution in [-0.4, -0.2) is 29.7 Å². The monoisotopic (exact) mass is 186 g/mol. The Morgan fingerprint density at radius 2 is 2.31 bits per heavy atom. The number of rotatable bonds is 5. The lowest BCUT2D eigenvalue weighted by molar-refractivity contribution is -0.126. The maximum Gasteiger partial charge on any atom is 0.224 e. The molecule has 4 heteroatoms. The summed E-state index contributed by atoms with van der Waals surface area (Å²) in [5, 5.41) is 11.8. The van der Waals surface area contributed by atoms with Gasteiger partial charge in [0, 0.05) is 12.5 Å². The van der Waals surface area contributed by atoms with Crippen LogP contribution in [0.25, 0.3) is 0 Å². The van der Waals surface area contributed by atoms with Crippen molar-refractivity contribution >= 4 is 5.91 Å². The highest BCUT2D eigenvalue weighted by Gasteiger charge is 2.43. The standard InChI is InChI=1S/C9H18N2O2/c1-2-7(5-10)8(13)11-9(6-12)3-4-9/h7,12H,2-6,10H2,1H3,(H,11,13). The molecule has 0 aromatic rings. The van der Waals surface area contributed by atoms with Crippen molar-refractivity contribution in [3.63, 3.8) is 0 Å². The van der Waals surface area contributed by atoms with Gasteiger partial charge < -0.3 is 16.2 Å². The molecule has 0 saturated heterocycles. The molecule has 1 amide bonds. The second-order valence-corrected chi connectivity index (χ2v) is 3.77. The second kappa shape index (κ2) is 4.07. The molecule has 1 unspecified atom stereocenters. The molecule has 76 valence electrons. The Balaban J connectivity index is 2.40. The van der Waals surface area contributed by atoms with Crippen molar-refractivity contribution in [3.8, 4) is 0 Å². The van der Waals surface area contributed by atoms with Crippen molar-refractivity contribution in [1.82, 2.24) is 5.32 Å². The third-order valence-corrected chi connectivity index (χ3v) is 2.69.